The fourth-order valence-electron chi connectivity index (χ4n) is 0.467. The van der Waals surface area contributed by atoms with Gasteiger partial charge in [0.25, 0.3) is 0 Å². The van der Waals surface area contributed by atoms with Crippen molar-refractivity contribution in [3.05, 3.63) is 11.8 Å². The van der Waals surface area contributed by atoms with E-state index in [-0.39, 0.29) is 0 Å². The van der Waals surface area contributed by atoms with Crippen LogP contribution in [0.2, 0.25) is 0 Å². The lowest BCUT2D eigenvalue weighted by molar-refractivity contribution is 1.09. The lowest BCUT2D eigenvalue weighted by Crippen LogP contribution is -2.14. The fourth-order valence-corrected chi connectivity index (χ4v) is 0.467. The fraction of sp³-hybridized carbons (Fsp3) is 0.500. The maximum atomic E-state index is 5.44. The van der Waals surface area contributed by atoms with Crippen LogP contribution in [-0.2, 0) is 0 Å². The van der Waals surface area contributed by atoms with Crippen LogP contribution >= 0.6 is 0 Å². The van der Waals surface area contributed by atoms with Crippen LogP contribution in [0.3, 0.4) is 0 Å². The molecule has 0 aliphatic carbocycles. The summed E-state index contributed by atoms with van der Waals surface area (Å²) in [6.07, 6.45) is 1.81. The minimum Gasteiger partial charge on any atom is -0.394 e. The van der Waals surface area contributed by atoms with Gasteiger partial charge in [0.2, 0.25) is 0 Å². The van der Waals surface area contributed by atoms with Crippen molar-refractivity contribution in [2.45, 2.75) is 6.92 Å². The Kier molecular flexibility index (Phi) is 3.51. The van der Waals surface area contributed by atoms with Crippen LogP contribution in [0.1, 0.15) is 6.92 Å². The van der Waals surface area contributed by atoms with Crippen molar-refractivity contribution in [2.24, 2.45) is 10.7 Å². The van der Waals surface area contributed by atoms with E-state index >= 15 is 0 Å². The molecule has 0 aromatic rings. The number of nitrogens with two attached hydrogens (primary N) is 1. The van der Waals surface area contributed by atoms with Crippen molar-refractivity contribution < 1.29 is 0 Å². The van der Waals surface area contributed by atoms with E-state index in [2.05, 4.69) is 10.3 Å². The van der Waals surface area contributed by atoms with Crippen LogP contribution < -0.4 is 11.1 Å². The molecule has 3 N–H and O–H groups in total. The van der Waals surface area contributed by atoms with Crippen LogP contribution in [0.25, 0.3) is 0 Å². The molecule has 0 aromatic heterocycles. The van der Waals surface area contributed by atoms with Gasteiger partial charge in [0, 0.05) is 25.9 Å². The summed E-state index contributed by atoms with van der Waals surface area (Å²) in [5.41, 5.74) is 6.40. The van der Waals surface area contributed by atoms with E-state index in [1.54, 1.807) is 7.05 Å². The number of amidine groups is 1. The minimum absolute atomic E-state index is 0.573. The van der Waals surface area contributed by atoms with E-state index in [0.717, 1.165) is 5.57 Å². The predicted octanol–water partition coefficient (Wildman–Crippen LogP) is 0.0966. The molecule has 0 heterocycles. The van der Waals surface area contributed by atoms with Gasteiger partial charge in [-0.1, -0.05) is 0 Å². The van der Waals surface area contributed by atoms with Crippen LogP contribution in [0.4, 0.5) is 0 Å². The summed E-state index contributed by atoms with van der Waals surface area (Å²) >= 11 is 0. The number of aliphatic imine (C=N–C) groups is 1. The lowest BCUT2D eigenvalue weighted by atomic mass is 10.3. The van der Waals surface area contributed by atoms with E-state index in [1.165, 1.54) is 0 Å². The van der Waals surface area contributed by atoms with E-state index in [0.29, 0.717) is 5.84 Å². The van der Waals surface area contributed by atoms with Gasteiger partial charge in [-0.15, -0.1) is 0 Å². The van der Waals surface area contributed by atoms with Crippen molar-refractivity contribution >= 4 is 5.84 Å². The van der Waals surface area contributed by atoms with Crippen molar-refractivity contribution in [2.75, 3.05) is 14.1 Å². The summed E-state index contributed by atoms with van der Waals surface area (Å²) in [6.45, 7) is 1.90. The molecular formula is C6H13N3. The summed E-state index contributed by atoms with van der Waals surface area (Å²) in [5.74, 6) is 0.573. The highest BCUT2D eigenvalue weighted by Gasteiger charge is 1.89. The van der Waals surface area contributed by atoms with Gasteiger partial charge in [-0.2, -0.15) is 0 Å². The van der Waals surface area contributed by atoms with Crippen LogP contribution in [0.5, 0.6) is 0 Å². The van der Waals surface area contributed by atoms with Crippen LogP contribution in [-0.4, -0.2) is 19.9 Å². The molecule has 0 spiro atoms. The van der Waals surface area contributed by atoms with Gasteiger partial charge >= 0.3 is 0 Å². The molecule has 9 heavy (non-hydrogen) atoms. The van der Waals surface area contributed by atoms with Crippen molar-refractivity contribution in [3.8, 4) is 0 Å². The highest BCUT2D eigenvalue weighted by molar-refractivity contribution is 5.96. The number of rotatable bonds is 2. The van der Waals surface area contributed by atoms with Crippen molar-refractivity contribution in [1.29, 1.82) is 0 Å². The monoisotopic (exact) mass is 127 g/mol. The number of hydrogen-bond acceptors (Lipinski definition) is 2. The summed E-state index contributed by atoms with van der Waals surface area (Å²) in [6, 6.07) is 0. The van der Waals surface area contributed by atoms with Gasteiger partial charge in [0.1, 0.15) is 5.84 Å². The zero-order valence-electron chi connectivity index (χ0n) is 6.10. The molecule has 0 saturated heterocycles. The first-order valence-corrected chi connectivity index (χ1v) is 2.79. The van der Waals surface area contributed by atoms with E-state index < -0.39 is 0 Å². The normalized spacial score (nSPS) is 13.7. The third-order valence-electron chi connectivity index (χ3n) is 1.01. The molecule has 0 aliphatic rings. The molecule has 0 radical (unpaired) electrons. The molecule has 0 rings (SSSR count). The molecule has 0 saturated carbocycles. The quantitative estimate of drug-likeness (QED) is 0.408. The molecule has 0 bridgehead atoms. The Morgan fingerprint density at radius 3 is 2.56 bits per heavy atom. The van der Waals surface area contributed by atoms with Gasteiger partial charge in [-0.3, -0.25) is 4.99 Å². The Labute approximate surface area is 55.7 Å². The first-order chi connectivity index (χ1) is 4.22. The van der Waals surface area contributed by atoms with Gasteiger partial charge in [0.05, 0.1) is 0 Å². The van der Waals surface area contributed by atoms with E-state index in [4.69, 9.17) is 5.73 Å². The predicted molar refractivity (Wildman–Crippen MR) is 40.4 cm³/mol. The third-order valence-corrected chi connectivity index (χ3v) is 1.01. The number of nitrogens with zero attached hydrogens (tertiary/aromatic N) is 1. The van der Waals surface area contributed by atoms with Crippen LogP contribution in [0, 0.1) is 0 Å². The Hall–Kier alpha value is -0.990. The second kappa shape index (κ2) is 3.95. The summed E-state index contributed by atoms with van der Waals surface area (Å²) in [7, 11) is 3.49. The smallest absolute Gasteiger partial charge is 0.122 e. The first kappa shape index (κ1) is 8.01. The average molecular weight is 127 g/mol. The second-order valence-corrected chi connectivity index (χ2v) is 1.72. The van der Waals surface area contributed by atoms with E-state index in [9.17, 15) is 0 Å². The number of hydrogen-bond donors (Lipinski definition) is 2. The molecule has 0 unspecified atom stereocenters. The topological polar surface area (TPSA) is 50.4 Å². The maximum Gasteiger partial charge on any atom is 0.122 e. The summed E-state index contributed by atoms with van der Waals surface area (Å²) < 4.78 is 0. The molecule has 52 valence electrons. The Balaban J connectivity index is 4.03. The molecule has 3 heteroatoms. The molecule has 0 fully saturated rings. The molecule has 0 atom stereocenters. The second-order valence-electron chi connectivity index (χ2n) is 1.72. The molecule has 0 aliphatic heterocycles. The average Bonchev–Trinajstić information content (AvgIpc) is 1.87. The summed E-state index contributed by atoms with van der Waals surface area (Å²) in [4.78, 5) is 3.79. The summed E-state index contributed by atoms with van der Waals surface area (Å²) in [5, 5.41) is 2.86. The van der Waals surface area contributed by atoms with E-state index in [1.807, 2.05) is 20.2 Å². The van der Waals surface area contributed by atoms with Gasteiger partial charge in [0.15, 0.2) is 0 Å². The Morgan fingerprint density at radius 1 is 1.67 bits per heavy atom. The first-order valence-electron chi connectivity index (χ1n) is 2.79. The molecule has 3 nitrogen and oxygen atoms in total. The minimum atomic E-state index is 0.573. The highest BCUT2D eigenvalue weighted by Crippen LogP contribution is 1.87. The van der Waals surface area contributed by atoms with Crippen LogP contribution in [0.15, 0.2) is 16.8 Å². The molecule has 0 aromatic carbocycles. The third kappa shape index (κ3) is 2.74. The SMILES string of the molecule is CN=C(N)/C(C)=C/NC. The van der Waals surface area contributed by atoms with Gasteiger partial charge < -0.3 is 11.1 Å². The van der Waals surface area contributed by atoms with Crippen molar-refractivity contribution in [1.82, 2.24) is 5.32 Å². The molecular weight excluding hydrogens is 114 g/mol. The standard InChI is InChI=1S/C6H13N3/c1-5(4-8-2)6(7)9-3/h4,8H,1-3H3,(H2,7,9)/b5-4+. The highest BCUT2D eigenvalue weighted by atomic mass is 14.8. The molecule has 0 amide bonds. The Bertz CT molecular complexity index is 135. The van der Waals surface area contributed by atoms with Crippen molar-refractivity contribution in [3.63, 3.8) is 0 Å². The number of nitrogens with one attached hydrogen (secondary N) is 1. The zero-order valence-corrected chi connectivity index (χ0v) is 6.10. The zero-order chi connectivity index (χ0) is 7.28. The maximum absolute atomic E-state index is 5.44. The van der Waals surface area contributed by atoms with Gasteiger partial charge in [-0.05, 0) is 6.92 Å². The van der Waals surface area contributed by atoms with Gasteiger partial charge in [-0.25, -0.2) is 0 Å². The Morgan fingerprint density at radius 2 is 2.22 bits per heavy atom. The largest absolute Gasteiger partial charge is 0.394 e. The lowest BCUT2D eigenvalue weighted by Gasteiger charge is -1.96.